The van der Waals surface area contributed by atoms with Crippen LogP contribution in [0.4, 0.5) is 16.2 Å². The first kappa shape index (κ1) is 19.5. The van der Waals surface area contributed by atoms with Gasteiger partial charge in [0.2, 0.25) is 5.95 Å². The second kappa shape index (κ2) is 8.20. The fourth-order valence-corrected chi connectivity index (χ4v) is 3.12. The van der Waals surface area contributed by atoms with E-state index in [1.807, 2.05) is 19.0 Å². The van der Waals surface area contributed by atoms with E-state index in [2.05, 4.69) is 15.3 Å². The molecule has 0 aliphatic carbocycles. The van der Waals surface area contributed by atoms with E-state index in [1.165, 1.54) is 24.3 Å². The Balaban J connectivity index is 1.67. The highest BCUT2D eigenvalue weighted by molar-refractivity contribution is 5.95. The molecule has 0 radical (unpaired) electrons. The smallest absolute Gasteiger partial charge is 0.335 e. The number of alkyl halides is 1. The lowest BCUT2D eigenvalue weighted by Gasteiger charge is -2.26. The molecule has 1 aromatic carbocycles. The lowest BCUT2D eigenvalue weighted by molar-refractivity contribution is 0.0696. The van der Waals surface area contributed by atoms with Crippen molar-refractivity contribution < 1.29 is 19.1 Å². The Morgan fingerprint density at radius 1 is 1.25 bits per heavy atom. The minimum atomic E-state index is -1.05. The van der Waals surface area contributed by atoms with Crippen LogP contribution in [0.5, 0.6) is 0 Å². The van der Waals surface area contributed by atoms with Gasteiger partial charge in [0.05, 0.1) is 18.2 Å². The second-order valence-corrected chi connectivity index (χ2v) is 6.84. The number of nitrogens with one attached hydrogen (secondary N) is 1. The predicted molar refractivity (Wildman–Crippen MR) is 103 cm³/mol. The first-order valence-electron chi connectivity index (χ1n) is 8.88. The number of anilines is 2. The minimum absolute atomic E-state index is 0.110. The van der Waals surface area contributed by atoms with Gasteiger partial charge in [-0.05, 0) is 30.3 Å². The van der Waals surface area contributed by atoms with Gasteiger partial charge < -0.3 is 20.2 Å². The molecular weight excluding hydrogens is 365 g/mol. The Labute approximate surface area is 162 Å². The van der Waals surface area contributed by atoms with Crippen LogP contribution in [0.25, 0.3) is 0 Å². The molecule has 0 unspecified atom stereocenters. The predicted octanol–water partition coefficient (Wildman–Crippen LogP) is 1.59. The summed E-state index contributed by atoms with van der Waals surface area (Å²) in [6, 6.07) is 7.15. The van der Waals surface area contributed by atoms with Crippen molar-refractivity contribution in [2.75, 3.05) is 37.0 Å². The van der Waals surface area contributed by atoms with Gasteiger partial charge >= 0.3 is 5.97 Å². The van der Waals surface area contributed by atoms with Crippen LogP contribution in [0.3, 0.4) is 0 Å². The summed E-state index contributed by atoms with van der Waals surface area (Å²) in [5, 5.41) is 11.7. The number of carboxylic acid groups (broad SMARTS) is 1. The molecule has 0 spiro atoms. The number of carbonyl (C=O) groups excluding carboxylic acids is 1. The molecule has 2 atom stereocenters. The van der Waals surface area contributed by atoms with Gasteiger partial charge in [-0.15, -0.1) is 0 Å². The molecule has 1 fully saturated rings. The van der Waals surface area contributed by atoms with E-state index in [4.69, 9.17) is 5.11 Å². The van der Waals surface area contributed by atoms with E-state index in [-0.39, 0.29) is 30.6 Å². The van der Waals surface area contributed by atoms with Gasteiger partial charge in [-0.25, -0.2) is 14.2 Å². The molecule has 2 aromatic rings. The van der Waals surface area contributed by atoms with Gasteiger partial charge in [0, 0.05) is 38.8 Å². The maximum absolute atomic E-state index is 14.1. The molecule has 0 bridgehead atoms. The maximum atomic E-state index is 14.1. The van der Waals surface area contributed by atoms with Gasteiger partial charge in [-0.3, -0.25) is 4.79 Å². The van der Waals surface area contributed by atoms with Crippen LogP contribution in [0, 0.1) is 0 Å². The number of halogens is 1. The van der Waals surface area contributed by atoms with Crippen LogP contribution < -0.4 is 15.1 Å². The molecule has 1 aliphatic heterocycles. The number of carboxylic acids is 1. The van der Waals surface area contributed by atoms with Crippen LogP contribution in [-0.2, 0) is 0 Å². The molecule has 1 aliphatic rings. The molecule has 2 N–H and O–H groups in total. The first-order valence-corrected chi connectivity index (χ1v) is 8.88. The molecule has 1 saturated heterocycles. The zero-order chi connectivity index (χ0) is 20.3. The standard InChI is InChI=1S/C19H22FN5O3/c1-24(2)19-21-8-7-16(23-19)25-11-14(20)9-15(25)10-22-17(26)12-3-5-13(6-4-12)18(27)28/h3-8,14-15H,9-11H2,1-2H3,(H,22,26)(H,27,28)/t14-,15-/m0/s1. The average Bonchev–Trinajstić information content (AvgIpc) is 3.07. The number of benzene rings is 1. The van der Waals surface area contributed by atoms with Gasteiger partial charge in [0.1, 0.15) is 12.0 Å². The number of hydrogen-bond acceptors (Lipinski definition) is 6. The van der Waals surface area contributed by atoms with Crippen LogP contribution in [0.2, 0.25) is 0 Å². The molecular formula is C19H22FN5O3. The van der Waals surface area contributed by atoms with E-state index in [0.29, 0.717) is 23.8 Å². The number of nitrogens with zero attached hydrogens (tertiary/aromatic N) is 4. The summed E-state index contributed by atoms with van der Waals surface area (Å²) in [4.78, 5) is 35.5. The molecule has 1 aromatic heterocycles. The van der Waals surface area contributed by atoms with Crippen molar-refractivity contribution in [1.82, 2.24) is 15.3 Å². The van der Waals surface area contributed by atoms with Gasteiger partial charge in [0.15, 0.2) is 0 Å². The Hall–Kier alpha value is -3.23. The number of aromatic carboxylic acids is 1. The quantitative estimate of drug-likeness (QED) is 0.777. The van der Waals surface area contributed by atoms with Crippen molar-refractivity contribution in [2.24, 2.45) is 0 Å². The summed E-state index contributed by atoms with van der Waals surface area (Å²) in [6.45, 7) is 0.457. The zero-order valence-electron chi connectivity index (χ0n) is 15.7. The van der Waals surface area contributed by atoms with Crippen molar-refractivity contribution in [1.29, 1.82) is 0 Å². The van der Waals surface area contributed by atoms with E-state index in [1.54, 1.807) is 17.2 Å². The fourth-order valence-electron chi connectivity index (χ4n) is 3.12. The lowest BCUT2D eigenvalue weighted by atomic mass is 10.1. The third kappa shape index (κ3) is 4.36. The zero-order valence-corrected chi connectivity index (χ0v) is 15.7. The summed E-state index contributed by atoms with van der Waals surface area (Å²) in [7, 11) is 3.66. The third-order valence-electron chi connectivity index (χ3n) is 4.58. The highest BCUT2D eigenvalue weighted by Gasteiger charge is 2.33. The van der Waals surface area contributed by atoms with Crippen LogP contribution in [0.15, 0.2) is 36.5 Å². The third-order valence-corrected chi connectivity index (χ3v) is 4.58. The Bertz CT molecular complexity index is 859. The number of amides is 1. The van der Waals surface area contributed by atoms with Crippen molar-refractivity contribution in [3.05, 3.63) is 47.7 Å². The summed E-state index contributed by atoms with van der Waals surface area (Å²) < 4.78 is 14.1. The van der Waals surface area contributed by atoms with Gasteiger partial charge in [0.25, 0.3) is 5.91 Å². The van der Waals surface area contributed by atoms with Crippen molar-refractivity contribution in [3.63, 3.8) is 0 Å². The Morgan fingerprint density at radius 3 is 2.57 bits per heavy atom. The molecule has 0 saturated carbocycles. The minimum Gasteiger partial charge on any atom is -0.478 e. The number of hydrogen-bond donors (Lipinski definition) is 2. The Kier molecular flexibility index (Phi) is 5.72. The molecule has 148 valence electrons. The fraction of sp³-hybridized carbons (Fsp3) is 0.368. The Morgan fingerprint density at radius 2 is 1.93 bits per heavy atom. The summed E-state index contributed by atoms with van der Waals surface area (Å²) in [6.07, 6.45) is 0.914. The summed E-state index contributed by atoms with van der Waals surface area (Å²) in [5.41, 5.74) is 0.461. The molecule has 9 heteroatoms. The normalized spacial score (nSPS) is 18.8. The van der Waals surface area contributed by atoms with E-state index < -0.39 is 12.1 Å². The molecule has 28 heavy (non-hydrogen) atoms. The largest absolute Gasteiger partial charge is 0.478 e. The summed E-state index contributed by atoms with van der Waals surface area (Å²) in [5.74, 6) is -0.245. The molecule has 2 heterocycles. The highest BCUT2D eigenvalue weighted by atomic mass is 19.1. The van der Waals surface area contributed by atoms with Crippen molar-refractivity contribution >= 4 is 23.6 Å². The van der Waals surface area contributed by atoms with Crippen molar-refractivity contribution in [3.8, 4) is 0 Å². The summed E-state index contributed by atoms with van der Waals surface area (Å²) >= 11 is 0. The number of aromatic nitrogens is 2. The van der Waals surface area contributed by atoms with Crippen LogP contribution in [-0.4, -0.2) is 66.3 Å². The van der Waals surface area contributed by atoms with Gasteiger partial charge in [-0.1, -0.05) is 0 Å². The topological polar surface area (TPSA) is 98.7 Å². The van der Waals surface area contributed by atoms with E-state index in [0.717, 1.165) is 0 Å². The molecule has 1 amide bonds. The average molecular weight is 387 g/mol. The van der Waals surface area contributed by atoms with E-state index in [9.17, 15) is 14.0 Å². The highest BCUT2D eigenvalue weighted by Crippen LogP contribution is 2.26. The lowest BCUT2D eigenvalue weighted by Crippen LogP contribution is -2.40. The number of rotatable bonds is 6. The molecule has 8 nitrogen and oxygen atoms in total. The first-order chi connectivity index (χ1) is 13.3. The monoisotopic (exact) mass is 387 g/mol. The van der Waals surface area contributed by atoms with Crippen LogP contribution >= 0.6 is 0 Å². The molecule has 3 rings (SSSR count). The van der Waals surface area contributed by atoms with Crippen molar-refractivity contribution in [2.45, 2.75) is 18.6 Å². The maximum Gasteiger partial charge on any atom is 0.335 e. The SMILES string of the molecule is CN(C)c1nccc(N2C[C@@H](F)C[C@H]2CNC(=O)c2ccc(C(=O)O)cc2)n1. The number of carbonyl (C=O) groups is 2. The van der Waals surface area contributed by atoms with E-state index >= 15 is 0 Å². The van der Waals surface area contributed by atoms with Gasteiger partial charge in [-0.2, -0.15) is 4.98 Å². The van der Waals surface area contributed by atoms with Crippen LogP contribution in [0.1, 0.15) is 27.1 Å². The second-order valence-electron chi connectivity index (χ2n) is 6.84.